The van der Waals surface area contributed by atoms with Crippen LogP contribution in [0.1, 0.15) is 33.6 Å². The Kier molecular flexibility index (Phi) is 4.33. The Morgan fingerprint density at radius 1 is 1.17 bits per heavy atom. The second kappa shape index (κ2) is 5.62. The number of nitrogens with zero attached hydrogens (tertiary/aromatic N) is 1. The first kappa shape index (κ1) is 13.9. The third-order valence-electron chi connectivity index (χ3n) is 3.52. The van der Waals surface area contributed by atoms with Gasteiger partial charge in [0.2, 0.25) is 0 Å². The van der Waals surface area contributed by atoms with Gasteiger partial charge in [-0.25, -0.2) is 0 Å². The van der Waals surface area contributed by atoms with E-state index in [0.29, 0.717) is 6.10 Å². The summed E-state index contributed by atoms with van der Waals surface area (Å²) in [5.41, 5.74) is 0.276. The molecule has 1 aliphatic rings. The molecule has 0 atom stereocenters. The van der Waals surface area contributed by atoms with Gasteiger partial charge in [-0.05, 0) is 61.7 Å². The number of rotatable bonds is 2. The average molecular weight is 312 g/mol. The van der Waals surface area contributed by atoms with Crippen molar-refractivity contribution in [2.24, 2.45) is 0 Å². The van der Waals surface area contributed by atoms with E-state index < -0.39 is 0 Å². The third-order valence-corrected chi connectivity index (χ3v) is 4.18. The molecule has 0 radical (unpaired) electrons. The topological polar surface area (TPSA) is 12.5 Å². The highest BCUT2D eigenvalue weighted by Crippen LogP contribution is 2.28. The van der Waals surface area contributed by atoms with Crippen LogP contribution in [0.3, 0.4) is 0 Å². The summed E-state index contributed by atoms with van der Waals surface area (Å²) in [6.45, 7) is 9.09. The van der Waals surface area contributed by atoms with Crippen LogP contribution in [0.5, 0.6) is 5.75 Å². The summed E-state index contributed by atoms with van der Waals surface area (Å²) >= 11 is 3.53. The predicted octanol–water partition coefficient (Wildman–Crippen LogP) is 4.09. The quantitative estimate of drug-likeness (QED) is 0.815. The molecule has 0 unspecified atom stereocenters. The van der Waals surface area contributed by atoms with Crippen molar-refractivity contribution < 1.29 is 4.74 Å². The predicted molar refractivity (Wildman–Crippen MR) is 79.1 cm³/mol. The molecule has 0 aliphatic carbocycles. The molecule has 3 heteroatoms. The van der Waals surface area contributed by atoms with E-state index in [2.05, 4.69) is 41.6 Å². The highest BCUT2D eigenvalue weighted by Gasteiger charge is 2.27. The molecule has 0 aromatic heterocycles. The van der Waals surface area contributed by atoms with Crippen LogP contribution in [0.25, 0.3) is 0 Å². The van der Waals surface area contributed by atoms with Gasteiger partial charge in [-0.1, -0.05) is 12.1 Å². The molecule has 1 aromatic rings. The van der Waals surface area contributed by atoms with Crippen molar-refractivity contribution in [2.45, 2.75) is 45.3 Å². The molecule has 0 bridgehead atoms. The van der Waals surface area contributed by atoms with Gasteiger partial charge >= 0.3 is 0 Å². The first-order chi connectivity index (χ1) is 8.47. The molecule has 1 aliphatic heterocycles. The molecule has 0 spiro atoms. The monoisotopic (exact) mass is 311 g/mol. The van der Waals surface area contributed by atoms with E-state index in [1.807, 2.05) is 24.3 Å². The Bertz CT molecular complexity index is 392. The van der Waals surface area contributed by atoms with Crippen molar-refractivity contribution in [1.29, 1.82) is 0 Å². The zero-order valence-corrected chi connectivity index (χ0v) is 13.0. The smallest absolute Gasteiger partial charge is 0.133 e. The molecule has 0 amide bonds. The SMILES string of the molecule is CC(C)(C)N1CCC(Oc2ccccc2Br)CC1. The Balaban J connectivity index is 1.90. The lowest BCUT2D eigenvalue weighted by molar-refractivity contribution is 0.0488. The van der Waals surface area contributed by atoms with Gasteiger partial charge < -0.3 is 4.74 Å². The largest absolute Gasteiger partial charge is 0.489 e. The molecule has 2 rings (SSSR count). The number of para-hydroxylation sites is 1. The second-order valence-electron chi connectivity index (χ2n) is 5.91. The van der Waals surface area contributed by atoms with Crippen LogP contribution in [0, 0.1) is 0 Å². The molecule has 1 fully saturated rings. The van der Waals surface area contributed by atoms with Gasteiger partial charge in [-0.2, -0.15) is 0 Å². The summed E-state index contributed by atoms with van der Waals surface area (Å²) in [7, 11) is 0. The summed E-state index contributed by atoms with van der Waals surface area (Å²) in [6.07, 6.45) is 2.57. The minimum Gasteiger partial charge on any atom is -0.489 e. The fraction of sp³-hybridized carbons (Fsp3) is 0.600. The number of benzene rings is 1. The van der Waals surface area contributed by atoms with E-state index in [1.165, 1.54) is 0 Å². The highest BCUT2D eigenvalue weighted by molar-refractivity contribution is 9.10. The molecule has 1 saturated heterocycles. The normalized spacial score (nSPS) is 18.9. The minimum absolute atomic E-state index is 0.276. The molecule has 2 nitrogen and oxygen atoms in total. The van der Waals surface area contributed by atoms with E-state index in [0.717, 1.165) is 36.2 Å². The van der Waals surface area contributed by atoms with Gasteiger partial charge in [0.15, 0.2) is 0 Å². The van der Waals surface area contributed by atoms with Crippen LogP contribution in [0.2, 0.25) is 0 Å². The standard InChI is InChI=1S/C15H22BrNO/c1-15(2,3)17-10-8-12(9-11-17)18-14-7-5-4-6-13(14)16/h4-7,12H,8-11H2,1-3H3. The van der Waals surface area contributed by atoms with Crippen molar-refractivity contribution in [3.63, 3.8) is 0 Å². The number of halogens is 1. The number of likely N-dealkylation sites (tertiary alicyclic amines) is 1. The van der Waals surface area contributed by atoms with Crippen molar-refractivity contribution >= 4 is 15.9 Å². The number of piperidine rings is 1. The van der Waals surface area contributed by atoms with Gasteiger partial charge in [0.1, 0.15) is 11.9 Å². The highest BCUT2D eigenvalue weighted by atomic mass is 79.9. The van der Waals surface area contributed by atoms with Crippen molar-refractivity contribution in [3.05, 3.63) is 28.7 Å². The second-order valence-corrected chi connectivity index (χ2v) is 6.76. The van der Waals surface area contributed by atoms with Crippen molar-refractivity contribution in [3.8, 4) is 5.75 Å². The molecule has 18 heavy (non-hydrogen) atoms. The Labute approximate surface area is 118 Å². The molecular weight excluding hydrogens is 290 g/mol. The van der Waals surface area contributed by atoms with E-state index in [4.69, 9.17) is 4.74 Å². The summed E-state index contributed by atoms with van der Waals surface area (Å²) in [4.78, 5) is 2.53. The first-order valence-electron chi connectivity index (χ1n) is 6.63. The zero-order valence-electron chi connectivity index (χ0n) is 11.4. The van der Waals surface area contributed by atoms with Crippen LogP contribution >= 0.6 is 15.9 Å². The zero-order chi connectivity index (χ0) is 13.2. The van der Waals surface area contributed by atoms with Gasteiger partial charge in [0.05, 0.1) is 4.47 Å². The van der Waals surface area contributed by atoms with Crippen LogP contribution in [0.15, 0.2) is 28.7 Å². The average Bonchev–Trinajstić information content (AvgIpc) is 2.32. The molecule has 1 aromatic carbocycles. The van der Waals surface area contributed by atoms with Crippen molar-refractivity contribution in [2.75, 3.05) is 13.1 Å². The van der Waals surface area contributed by atoms with Crippen LogP contribution < -0.4 is 4.74 Å². The van der Waals surface area contributed by atoms with E-state index in [9.17, 15) is 0 Å². The molecule has 0 saturated carbocycles. The van der Waals surface area contributed by atoms with E-state index >= 15 is 0 Å². The fourth-order valence-electron chi connectivity index (χ4n) is 2.36. The Hall–Kier alpha value is -0.540. The third kappa shape index (κ3) is 3.48. The fourth-order valence-corrected chi connectivity index (χ4v) is 2.74. The van der Waals surface area contributed by atoms with Gasteiger partial charge in [0.25, 0.3) is 0 Å². The molecule has 0 N–H and O–H groups in total. The minimum atomic E-state index is 0.276. The van der Waals surface area contributed by atoms with Gasteiger partial charge in [-0.3, -0.25) is 4.90 Å². The maximum absolute atomic E-state index is 6.07. The lowest BCUT2D eigenvalue weighted by Gasteiger charge is -2.40. The molecule has 1 heterocycles. The summed E-state index contributed by atoms with van der Waals surface area (Å²) in [6, 6.07) is 8.09. The van der Waals surface area contributed by atoms with Crippen LogP contribution in [-0.4, -0.2) is 29.6 Å². The summed E-state index contributed by atoms with van der Waals surface area (Å²) < 4.78 is 7.12. The maximum Gasteiger partial charge on any atom is 0.133 e. The van der Waals surface area contributed by atoms with Gasteiger partial charge in [-0.15, -0.1) is 0 Å². The Morgan fingerprint density at radius 3 is 2.33 bits per heavy atom. The number of ether oxygens (including phenoxy) is 1. The first-order valence-corrected chi connectivity index (χ1v) is 7.42. The lowest BCUT2D eigenvalue weighted by atomic mass is 9.99. The summed E-state index contributed by atoms with van der Waals surface area (Å²) in [5.74, 6) is 0.965. The Morgan fingerprint density at radius 2 is 1.78 bits per heavy atom. The lowest BCUT2D eigenvalue weighted by Crippen LogP contribution is -2.48. The summed E-state index contributed by atoms with van der Waals surface area (Å²) in [5, 5.41) is 0. The molecule has 100 valence electrons. The van der Waals surface area contributed by atoms with Crippen molar-refractivity contribution in [1.82, 2.24) is 4.90 Å². The van der Waals surface area contributed by atoms with E-state index in [-0.39, 0.29) is 5.54 Å². The molecular formula is C15H22BrNO. The number of hydrogen-bond acceptors (Lipinski definition) is 2. The van der Waals surface area contributed by atoms with E-state index in [1.54, 1.807) is 0 Å². The van der Waals surface area contributed by atoms with Gasteiger partial charge in [0, 0.05) is 18.6 Å². The maximum atomic E-state index is 6.07. The van der Waals surface area contributed by atoms with Crippen LogP contribution in [-0.2, 0) is 0 Å². The number of hydrogen-bond donors (Lipinski definition) is 0. The van der Waals surface area contributed by atoms with Crippen LogP contribution in [0.4, 0.5) is 0 Å².